The fourth-order valence-electron chi connectivity index (χ4n) is 2.29. The van der Waals surface area contributed by atoms with Crippen molar-refractivity contribution in [1.29, 1.82) is 0 Å². The topological polar surface area (TPSA) is 38.7 Å². The third kappa shape index (κ3) is 2.71. The van der Waals surface area contributed by atoms with Crippen LogP contribution < -0.4 is 0 Å². The van der Waals surface area contributed by atoms with E-state index in [2.05, 4.69) is 6.92 Å². The molecule has 0 atom stereocenters. The second-order valence-corrected chi connectivity index (χ2v) is 5.09. The molecule has 1 aliphatic heterocycles. The minimum absolute atomic E-state index is 0.0861. The smallest absolute Gasteiger partial charge is 0.0577 e. The van der Waals surface area contributed by atoms with Crippen molar-refractivity contribution in [2.24, 2.45) is 5.41 Å². The van der Waals surface area contributed by atoms with Crippen molar-refractivity contribution in [3.63, 3.8) is 0 Å². The monoisotopic (exact) mass is 214 g/mol. The van der Waals surface area contributed by atoms with Crippen LogP contribution in [0.5, 0.6) is 0 Å². The molecule has 0 radical (unpaired) electrons. The van der Waals surface area contributed by atoms with Crippen molar-refractivity contribution in [2.75, 3.05) is 19.8 Å². The van der Waals surface area contributed by atoms with Gasteiger partial charge in [0, 0.05) is 5.41 Å². The summed E-state index contributed by atoms with van der Waals surface area (Å²) in [5, 5.41) is 9.38. The van der Waals surface area contributed by atoms with Crippen LogP contribution in [0, 0.1) is 5.41 Å². The summed E-state index contributed by atoms with van der Waals surface area (Å²) in [4.78, 5) is 0. The molecule has 0 aromatic rings. The highest BCUT2D eigenvalue weighted by Gasteiger charge is 2.37. The molecule has 0 bridgehead atoms. The molecule has 1 saturated carbocycles. The third-order valence-electron chi connectivity index (χ3n) is 3.84. The summed E-state index contributed by atoms with van der Waals surface area (Å²) in [5.74, 6) is 0. The number of rotatable bonds is 4. The van der Waals surface area contributed by atoms with Crippen LogP contribution in [-0.2, 0) is 9.47 Å². The third-order valence-corrected chi connectivity index (χ3v) is 3.84. The molecule has 2 fully saturated rings. The van der Waals surface area contributed by atoms with Crippen LogP contribution >= 0.6 is 0 Å². The van der Waals surface area contributed by atoms with Crippen molar-refractivity contribution < 1.29 is 14.6 Å². The highest BCUT2D eigenvalue weighted by Crippen LogP contribution is 2.33. The largest absolute Gasteiger partial charge is 0.393 e. The van der Waals surface area contributed by atoms with E-state index in [1.807, 2.05) is 0 Å². The number of aliphatic hydroxyl groups is 1. The van der Waals surface area contributed by atoms with Crippen molar-refractivity contribution >= 4 is 0 Å². The molecule has 88 valence electrons. The Morgan fingerprint density at radius 2 is 1.93 bits per heavy atom. The van der Waals surface area contributed by atoms with Crippen molar-refractivity contribution in [2.45, 2.75) is 51.2 Å². The van der Waals surface area contributed by atoms with E-state index >= 15 is 0 Å². The Balaban J connectivity index is 1.69. The van der Waals surface area contributed by atoms with Crippen molar-refractivity contribution in [3.05, 3.63) is 0 Å². The predicted octanol–water partition coefficient (Wildman–Crippen LogP) is 1.73. The average molecular weight is 214 g/mol. The molecule has 0 aromatic heterocycles. The Bertz CT molecular complexity index is 188. The molecule has 2 aliphatic rings. The number of aliphatic hydroxyl groups excluding tert-OH is 1. The first-order valence-corrected chi connectivity index (χ1v) is 6.11. The fourth-order valence-corrected chi connectivity index (χ4v) is 2.29. The van der Waals surface area contributed by atoms with Crippen molar-refractivity contribution in [3.8, 4) is 0 Å². The van der Waals surface area contributed by atoms with Gasteiger partial charge in [0.25, 0.3) is 0 Å². The summed E-state index contributed by atoms with van der Waals surface area (Å²) >= 11 is 0. The summed E-state index contributed by atoms with van der Waals surface area (Å²) in [6, 6.07) is 0. The Morgan fingerprint density at radius 3 is 2.40 bits per heavy atom. The molecule has 0 amide bonds. The minimum atomic E-state index is -0.0861. The van der Waals surface area contributed by atoms with Crippen LogP contribution in [0.25, 0.3) is 0 Å². The Hall–Kier alpha value is -0.120. The summed E-state index contributed by atoms with van der Waals surface area (Å²) in [7, 11) is 0. The van der Waals surface area contributed by atoms with Crippen LogP contribution in [0.1, 0.15) is 39.0 Å². The first-order chi connectivity index (χ1) is 7.24. The van der Waals surface area contributed by atoms with E-state index in [4.69, 9.17) is 9.47 Å². The minimum Gasteiger partial charge on any atom is -0.393 e. The molecule has 1 aliphatic carbocycles. The van der Waals surface area contributed by atoms with Crippen LogP contribution in [-0.4, -0.2) is 37.1 Å². The zero-order valence-corrected chi connectivity index (χ0v) is 9.58. The fraction of sp³-hybridized carbons (Fsp3) is 1.00. The maximum atomic E-state index is 9.38. The summed E-state index contributed by atoms with van der Waals surface area (Å²) in [6.07, 6.45) is 5.27. The van der Waals surface area contributed by atoms with Gasteiger partial charge in [-0.1, -0.05) is 6.92 Å². The maximum Gasteiger partial charge on any atom is 0.0577 e. The lowest BCUT2D eigenvalue weighted by Crippen LogP contribution is -2.46. The molecule has 1 N–H and O–H groups in total. The van der Waals surface area contributed by atoms with Gasteiger partial charge in [-0.3, -0.25) is 0 Å². The van der Waals surface area contributed by atoms with Gasteiger partial charge in [0.05, 0.1) is 32.0 Å². The van der Waals surface area contributed by atoms with Gasteiger partial charge in [-0.2, -0.15) is 0 Å². The zero-order chi connectivity index (χ0) is 10.7. The predicted molar refractivity (Wildman–Crippen MR) is 57.8 cm³/mol. The highest BCUT2D eigenvalue weighted by molar-refractivity contribution is 4.85. The SMILES string of the molecule is CCC1(COC2CCC(O)CC2)COC1. The standard InChI is InChI=1S/C12H22O3/c1-2-12(7-14-8-12)9-15-11-5-3-10(13)4-6-11/h10-11,13H,2-9H2,1H3. The Labute approximate surface area is 91.8 Å². The molecule has 15 heavy (non-hydrogen) atoms. The molecule has 3 heteroatoms. The molecular weight excluding hydrogens is 192 g/mol. The first kappa shape index (κ1) is 11.4. The number of hydrogen-bond acceptors (Lipinski definition) is 3. The first-order valence-electron chi connectivity index (χ1n) is 6.11. The second-order valence-electron chi connectivity index (χ2n) is 5.09. The lowest BCUT2D eigenvalue weighted by atomic mass is 9.84. The van der Waals surface area contributed by atoms with E-state index in [1.54, 1.807) is 0 Å². The van der Waals surface area contributed by atoms with Crippen LogP contribution in [0.3, 0.4) is 0 Å². The lowest BCUT2D eigenvalue weighted by Gasteiger charge is -2.41. The van der Waals surface area contributed by atoms with Gasteiger partial charge in [-0.25, -0.2) is 0 Å². The number of ether oxygens (including phenoxy) is 2. The van der Waals surface area contributed by atoms with E-state index in [-0.39, 0.29) is 6.10 Å². The van der Waals surface area contributed by atoms with Gasteiger partial charge in [0.2, 0.25) is 0 Å². The second kappa shape index (κ2) is 4.81. The molecule has 3 nitrogen and oxygen atoms in total. The van der Waals surface area contributed by atoms with Crippen LogP contribution in [0.4, 0.5) is 0 Å². The van der Waals surface area contributed by atoms with Crippen molar-refractivity contribution in [1.82, 2.24) is 0 Å². The Morgan fingerprint density at radius 1 is 1.27 bits per heavy atom. The van der Waals surface area contributed by atoms with Crippen LogP contribution in [0.15, 0.2) is 0 Å². The molecule has 0 aromatic carbocycles. The highest BCUT2D eigenvalue weighted by atomic mass is 16.5. The van der Waals surface area contributed by atoms with E-state index in [9.17, 15) is 5.11 Å². The van der Waals surface area contributed by atoms with E-state index < -0.39 is 0 Å². The molecule has 0 spiro atoms. The van der Waals surface area contributed by atoms with Gasteiger partial charge in [0.1, 0.15) is 0 Å². The molecule has 0 unspecified atom stereocenters. The quantitative estimate of drug-likeness (QED) is 0.774. The van der Waals surface area contributed by atoms with Gasteiger partial charge in [-0.15, -0.1) is 0 Å². The summed E-state index contributed by atoms with van der Waals surface area (Å²) in [6.45, 7) is 4.76. The molecule has 1 saturated heterocycles. The molecule has 2 rings (SSSR count). The maximum absolute atomic E-state index is 9.38. The van der Waals surface area contributed by atoms with E-state index in [0.717, 1.165) is 51.9 Å². The van der Waals surface area contributed by atoms with Gasteiger partial charge in [0.15, 0.2) is 0 Å². The zero-order valence-electron chi connectivity index (χ0n) is 9.58. The van der Waals surface area contributed by atoms with Gasteiger partial charge >= 0.3 is 0 Å². The van der Waals surface area contributed by atoms with Crippen LogP contribution in [0.2, 0.25) is 0 Å². The molecule has 1 heterocycles. The summed E-state index contributed by atoms with van der Waals surface area (Å²) in [5.41, 5.74) is 0.302. The molecular formula is C12H22O3. The normalized spacial score (nSPS) is 34.8. The Kier molecular flexibility index (Phi) is 3.65. The average Bonchev–Trinajstić information content (AvgIpc) is 2.20. The van der Waals surface area contributed by atoms with Gasteiger partial charge < -0.3 is 14.6 Å². The van der Waals surface area contributed by atoms with E-state index in [1.165, 1.54) is 0 Å². The summed E-state index contributed by atoms with van der Waals surface area (Å²) < 4.78 is 11.2. The van der Waals surface area contributed by atoms with E-state index in [0.29, 0.717) is 11.5 Å². The van der Waals surface area contributed by atoms with Gasteiger partial charge in [-0.05, 0) is 32.1 Å². The number of hydrogen-bond donors (Lipinski definition) is 1. The lowest BCUT2D eigenvalue weighted by molar-refractivity contribution is -0.164.